The van der Waals surface area contributed by atoms with E-state index in [1.807, 2.05) is 0 Å². The van der Waals surface area contributed by atoms with Crippen molar-refractivity contribution in [3.05, 3.63) is 32.6 Å². The summed E-state index contributed by atoms with van der Waals surface area (Å²) in [5.74, 6) is 0. The highest BCUT2D eigenvalue weighted by Crippen LogP contribution is 2.31. The molecular weight excluding hydrogens is 278 g/mol. The van der Waals surface area contributed by atoms with Crippen molar-refractivity contribution >= 4 is 0 Å². The van der Waals surface area contributed by atoms with Crippen LogP contribution in [0.5, 0.6) is 0 Å². The minimum Gasteiger partial charge on any atom is -0.388 e. The molecule has 0 bridgehead atoms. The van der Waals surface area contributed by atoms with Crippen LogP contribution in [0.4, 0.5) is 0 Å². The van der Waals surface area contributed by atoms with E-state index in [4.69, 9.17) is 4.74 Å². The first-order valence-corrected chi connectivity index (χ1v) is 7.06. The molecule has 0 radical (unpaired) electrons. The number of aliphatic hydroxyl groups excluding tert-OH is 2. The highest BCUT2D eigenvalue weighted by molar-refractivity contribution is 5.14. The third-order valence-electron chi connectivity index (χ3n) is 4.23. The zero-order valence-corrected chi connectivity index (χ0v) is 11.7. The fraction of sp³-hybridized carbons (Fsp3) is 0.692. The van der Waals surface area contributed by atoms with E-state index >= 15 is 0 Å². The van der Waals surface area contributed by atoms with E-state index < -0.39 is 35.7 Å². The van der Waals surface area contributed by atoms with Gasteiger partial charge in [0.2, 0.25) is 0 Å². The van der Waals surface area contributed by atoms with Crippen molar-refractivity contribution in [1.82, 2.24) is 14.9 Å². The average molecular weight is 297 g/mol. The molecule has 2 saturated heterocycles. The summed E-state index contributed by atoms with van der Waals surface area (Å²) in [6.07, 6.45) is -1.51. The van der Waals surface area contributed by atoms with Crippen LogP contribution in [0, 0.1) is 0 Å². The maximum Gasteiger partial charge on any atom is 0.328 e. The van der Waals surface area contributed by atoms with Crippen molar-refractivity contribution < 1.29 is 14.9 Å². The normalized spacial score (nSPS) is 36.2. The van der Waals surface area contributed by atoms with Gasteiger partial charge in [-0.25, -0.2) is 4.79 Å². The predicted octanol–water partition coefficient (Wildman–Crippen LogP) is -1.75. The summed E-state index contributed by atoms with van der Waals surface area (Å²) in [7, 11) is 0. The molecule has 0 aromatic carbocycles. The molecule has 5 atom stereocenters. The second-order valence-corrected chi connectivity index (χ2v) is 5.64. The van der Waals surface area contributed by atoms with Crippen LogP contribution in [0.2, 0.25) is 0 Å². The molecule has 8 heteroatoms. The first kappa shape index (κ1) is 14.5. The number of ether oxygens (including phenoxy) is 1. The van der Waals surface area contributed by atoms with Gasteiger partial charge in [0.1, 0.15) is 18.3 Å². The summed E-state index contributed by atoms with van der Waals surface area (Å²) in [6, 6.07) is -0.0333. The van der Waals surface area contributed by atoms with Gasteiger partial charge in [0.05, 0.1) is 17.7 Å². The first-order chi connectivity index (χ1) is 9.99. The van der Waals surface area contributed by atoms with Gasteiger partial charge in [-0.2, -0.15) is 0 Å². The van der Waals surface area contributed by atoms with E-state index in [0.29, 0.717) is 6.54 Å². The Bertz CT molecular complexity index is 633. The van der Waals surface area contributed by atoms with Gasteiger partial charge in [-0.3, -0.25) is 14.3 Å². The summed E-state index contributed by atoms with van der Waals surface area (Å²) < 4.78 is 6.92. The lowest BCUT2D eigenvalue weighted by Crippen LogP contribution is -2.37. The zero-order valence-electron chi connectivity index (χ0n) is 11.7. The number of rotatable bonds is 2. The van der Waals surface area contributed by atoms with Gasteiger partial charge in [-0.15, -0.1) is 0 Å². The fourth-order valence-corrected chi connectivity index (χ4v) is 2.96. The Morgan fingerprint density at radius 3 is 2.67 bits per heavy atom. The van der Waals surface area contributed by atoms with E-state index in [1.54, 1.807) is 6.92 Å². The monoisotopic (exact) mass is 297 g/mol. The molecule has 1 aromatic rings. The van der Waals surface area contributed by atoms with Crippen molar-refractivity contribution in [2.24, 2.45) is 0 Å². The quantitative estimate of drug-likeness (QED) is 0.514. The number of H-pyrrole nitrogens is 1. The minimum atomic E-state index is -1.19. The number of aromatic nitrogens is 2. The molecule has 1 unspecified atom stereocenters. The minimum absolute atomic E-state index is 0.0333. The number of aromatic amines is 1. The molecule has 2 aliphatic rings. The van der Waals surface area contributed by atoms with Crippen LogP contribution >= 0.6 is 0 Å². The number of nitrogens with one attached hydrogen (secondary N) is 2. The van der Waals surface area contributed by atoms with Gasteiger partial charge >= 0.3 is 5.69 Å². The molecule has 0 spiro atoms. The molecule has 3 heterocycles. The second-order valence-electron chi connectivity index (χ2n) is 5.64. The van der Waals surface area contributed by atoms with E-state index in [1.165, 1.54) is 10.8 Å². The van der Waals surface area contributed by atoms with Gasteiger partial charge in [-0.05, 0) is 19.9 Å². The SMILES string of the molecule is C[C@H]1O[C@@H](c2cn(C3CCNC3)c(=O)[nH]c2=O)[C@H](O)[C@@H]1O. The lowest BCUT2D eigenvalue weighted by atomic mass is 10.0. The Morgan fingerprint density at radius 1 is 1.33 bits per heavy atom. The lowest BCUT2D eigenvalue weighted by molar-refractivity contribution is 0.0137. The number of nitrogens with zero attached hydrogens (tertiary/aromatic N) is 1. The summed E-state index contributed by atoms with van der Waals surface area (Å²) in [4.78, 5) is 26.2. The Hall–Kier alpha value is -1.48. The van der Waals surface area contributed by atoms with Gasteiger partial charge in [0.25, 0.3) is 5.56 Å². The van der Waals surface area contributed by atoms with Crippen molar-refractivity contribution in [2.45, 2.75) is 43.8 Å². The summed E-state index contributed by atoms with van der Waals surface area (Å²) in [5.41, 5.74) is -0.900. The van der Waals surface area contributed by atoms with Crippen molar-refractivity contribution in [3.8, 4) is 0 Å². The second kappa shape index (κ2) is 5.38. The Kier molecular flexibility index (Phi) is 3.70. The maximum absolute atomic E-state index is 12.0. The topological polar surface area (TPSA) is 117 Å². The largest absolute Gasteiger partial charge is 0.388 e. The van der Waals surface area contributed by atoms with Crippen LogP contribution < -0.4 is 16.6 Å². The molecule has 0 aliphatic carbocycles. The number of aliphatic hydroxyl groups is 2. The van der Waals surface area contributed by atoms with Crippen molar-refractivity contribution in [1.29, 1.82) is 0 Å². The van der Waals surface area contributed by atoms with E-state index in [-0.39, 0.29) is 11.6 Å². The molecule has 116 valence electrons. The van der Waals surface area contributed by atoms with Gasteiger partial charge in [0, 0.05) is 12.7 Å². The van der Waals surface area contributed by atoms with Crippen LogP contribution in [0.1, 0.15) is 31.1 Å². The molecule has 21 heavy (non-hydrogen) atoms. The number of hydrogen-bond acceptors (Lipinski definition) is 6. The van der Waals surface area contributed by atoms with E-state index in [2.05, 4.69) is 10.3 Å². The highest BCUT2D eigenvalue weighted by Gasteiger charge is 2.42. The Morgan fingerprint density at radius 2 is 2.10 bits per heavy atom. The molecule has 0 saturated carbocycles. The van der Waals surface area contributed by atoms with Crippen LogP contribution in [-0.4, -0.2) is 51.2 Å². The standard InChI is InChI=1S/C13H19N3O5/c1-6-9(17)10(18)11(21-6)8-5-16(7-2-3-14-4-7)13(20)15-12(8)19/h5-7,9-11,14,17-18H,2-4H2,1H3,(H,15,19,20)/t6-,7?,9-,10-,11+/m1/s1. The van der Waals surface area contributed by atoms with E-state index in [0.717, 1.165) is 13.0 Å². The Balaban J connectivity index is 2.01. The van der Waals surface area contributed by atoms with Crippen LogP contribution in [0.15, 0.2) is 15.8 Å². The summed E-state index contributed by atoms with van der Waals surface area (Å²) >= 11 is 0. The molecule has 3 rings (SSSR count). The van der Waals surface area contributed by atoms with Gasteiger partial charge in [0.15, 0.2) is 0 Å². The lowest BCUT2D eigenvalue weighted by Gasteiger charge is -2.18. The van der Waals surface area contributed by atoms with Crippen LogP contribution in [0.3, 0.4) is 0 Å². The first-order valence-electron chi connectivity index (χ1n) is 7.06. The molecule has 1 aromatic heterocycles. The van der Waals surface area contributed by atoms with Gasteiger partial charge < -0.3 is 20.3 Å². The smallest absolute Gasteiger partial charge is 0.328 e. The molecule has 2 fully saturated rings. The molecule has 8 nitrogen and oxygen atoms in total. The van der Waals surface area contributed by atoms with Gasteiger partial charge in [-0.1, -0.05) is 0 Å². The number of hydrogen-bond donors (Lipinski definition) is 4. The molecule has 4 N–H and O–H groups in total. The zero-order chi connectivity index (χ0) is 15.1. The van der Waals surface area contributed by atoms with Crippen molar-refractivity contribution in [3.63, 3.8) is 0 Å². The van der Waals surface area contributed by atoms with E-state index in [9.17, 15) is 19.8 Å². The predicted molar refractivity (Wildman–Crippen MR) is 73.1 cm³/mol. The summed E-state index contributed by atoms with van der Waals surface area (Å²) in [6.45, 7) is 3.08. The Labute approximate surface area is 120 Å². The molecular formula is C13H19N3O5. The third-order valence-corrected chi connectivity index (χ3v) is 4.23. The molecule has 2 aliphatic heterocycles. The van der Waals surface area contributed by atoms with Crippen LogP contribution in [0.25, 0.3) is 0 Å². The fourth-order valence-electron chi connectivity index (χ4n) is 2.96. The van der Waals surface area contributed by atoms with Crippen LogP contribution in [-0.2, 0) is 4.74 Å². The van der Waals surface area contributed by atoms with Crippen molar-refractivity contribution in [2.75, 3.05) is 13.1 Å². The summed E-state index contributed by atoms with van der Waals surface area (Å²) in [5, 5.41) is 22.9. The maximum atomic E-state index is 12.0. The third kappa shape index (κ3) is 2.44. The molecule has 0 amide bonds. The highest BCUT2D eigenvalue weighted by atomic mass is 16.5. The average Bonchev–Trinajstić information content (AvgIpc) is 3.04.